The summed E-state index contributed by atoms with van der Waals surface area (Å²) in [5.74, 6) is 0. The van der Waals surface area contributed by atoms with Crippen LogP contribution in [0.2, 0.25) is 0 Å². The van der Waals surface area contributed by atoms with Crippen LogP contribution in [-0.2, 0) is 4.74 Å². The van der Waals surface area contributed by atoms with Crippen molar-refractivity contribution in [1.29, 1.82) is 0 Å². The number of aliphatic hydroxyl groups is 1. The summed E-state index contributed by atoms with van der Waals surface area (Å²) in [7, 11) is 0. The lowest BCUT2D eigenvalue weighted by Gasteiger charge is -2.35. The number of ether oxygens (including phenoxy) is 1. The lowest BCUT2D eigenvalue weighted by Crippen LogP contribution is -2.51. The molecule has 2 aliphatic rings. The summed E-state index contributed by atoms with van der Waals surface area (Å²) >= 11 is 0. The molecule has 15 heavy (non-hydrogen) atoms. The van der Waals surface area contributed by atoms with Crippen LogP contribution in [0.25, 0.3) is 0 Å². The van der Waals surface area contributed by atoms with E-state index < -0.39 is 5.60 Å². The smallest absolute Gasteiger partial charge is 0.108 e. The largest absolute Gasteiger partial charge is 0.388 e. The first-order valence-electron chi connectivity index (χ1n) is 6.07. The quantitative estimate of drug-likeness (QED) is 0.629. The molecule has 3 N–H and O–H groups in total. The minimum atomic E-state index is -0.522. The fourth-order valence-corrected chi connectivity index (χ4v) is 2.27. The lowest BCUT2D eigenvalue weighted by molar-refractivity contribution is -0.0393. The van der Waals surface area contributed by atoms with Gasteiger partial charge in [-0.2, -0.15) is 0 Å². The highest BCUT2D eigenvalue weighted by Gasteiger charge is 2.29. The average Bonchev–Trinajstić information content (AvgIpc) is 2.29. The van der Waals surface area contributed by atoms with Crippen LogP contribution in [0.4, 0.5) is 0 Å². The molecule has 1 unspecified atom stereocenters. The Morgan fingerprint density at radius 1 is 1.33 bits per heavy atom. The highest BCUT2D eigenvalue weighted by molar-refractivity contribution is 4.86. The predicted molar refractivity (Wildman–Crippen MR) is 58.6 cm³/mol. The molecule has 0 aromatic rings. The predicted octanol–water partition coefficient (Wildman–Crippen LogP) is 0.217. The third-order valence-electron chi connectivity index (χ3n) is 3.37. The van der Waals surface area contributed by atoms with Crippen molar-refractivity contribution in [3.8, 4) is 0 Å². The molecule has 2 fully saturated rings. The summed E-state index contributed by atoms with van der Waals surface area (Å²) in [6, 6.07) is 0. The Bertz CT molecular complexity index is 187. The van der Waals surface area contributed by atoms with E-state index in [2.05, 4.69) is 10.6 Å². The maximum Gasteiger partial charge on any atom is 0.108 e. The first kappa shape index (κ1) is 11.3. The van der Waals surface area contributed by atoms with Gasteiger partial charge >= 0.3 is 0 Å². The molecule has 1 atom stereocenters. The van der Waals surface area contributed by atoms with Crippen LogP contribution in [0.3, 0.4) is 0 Å². The molecule has 2 heterocycles. The van der Waals surface area contributed by atoms with E-state index in [0.717, 1.165) is 39.0 Å². The molecule has 0 saturated carbocycles. The van der Waals surface area contributed by atoms with Crippen molar-refractivity contribution >= 4 is 0 Å². The Morgan fingerprint density at radius 2 is 2.13 bits per heavy atom. The molecule has 88 valence electrons. The standard InChI is InChI=1S/C11H22N2O2/c14-11(4-6-12-7-5-11)9-13-10-3-1-2-8-15-10/h10,12-14H,1-9H2. The molecule has 0 amide bonds. The zero-order valence-corrected chi connectivity index (χ0v) is 9.30. The van der Waals surface area contributed by atoms with Gasteiger partial charge in [-0.3, -0.25) is 5.32 Å². The van der Waals surface area contributed by atoms with Crippen molar-refractivity contribution in [2.75, 3.05) is 26.2 Å². The van der Waals surface area contributed by atoms with E-state index in [1.165, 1.54) is 12.8 Å². The van der Waals surface area contributed by atoms with Gasteiger partial charge in [0, 0.05) is 13.2 Å². The van der Waals surface area contributed by atoms with Gasteiger partial charge in [-0.05, 0) is 45.2 Å². The van der Waals surface area contributed by atoms with Crippen molar-refractivity contribution in [3.63, 3.8) is 0 Å². The molecule has 0 aliphatic carbocycles. The molecule has 4 heteroatoms. The van der Waals surface area contributed by atoms with Gasteiger partial charge in [-0.25, -0.2) is 0 Å². The van der Waals surface area contributed by atoms with E-state index in [4.69, 9.17) is 4.74 Å². The van der Waals surface area contributed by atoms with Crippen molar-refractivity contribution in [1.82, 2.24) is 10.6 Å². The highest BCUT2D eigenvalue weighted by atomic mass is 16.5. The van der Waals surface area contributed by atoms with Crippen LogP contribution < -0.4 is 10.6 Å². The Balaban J connectivity index is 1.70. The van der Waals surface area contributed by atoms with Crippen molar-refractivity contribution < 1.29 is 9.84 Å². The minimum Gasteiger partial charge on any atom is -0.388 e. The normalized spacial score (nSPS) is 31.4. The molecular formula is C11H22N2O2. The second kappa shape index (κ2) is 5.25. The number of rotatable bonds is 3. The third kappa shape index (κ3) is 3.41. The number of nitrogens with one attached hydrogen (secondary N) is 2. The molecule has 2 rings (SSSR count). The topological polar surface area (TPSA) is 53.5 Å². The molecule has 4 nitrogen and oxygen atoms in total. The second-order valence-electron chi connectivity index (χ2n) is 4.71. The van der Waals surface area contributed by atoms with Crippen LogP contribution >= 0.6 is 0 Å². The molecule has 0 aromatic heterocycles. The Labute approximate surface area is 91.4 Å². The van der Waals surface area contributed by atoms with Gasteiger partial charge < -0.3 is 15.2 Å². The fourth-order valence-electron chi connectivity index (χ4n) is 2.27. The van der Waals surface area contributed by atoms with Crippen LogP contribution in [-0.4, -0.2) is 43.2 Å². The Hall–Kier alpha value is -0.160. The van der Waals surface area contributed by atoms with E-state index in [1.54, 1.807) is 0 Å². The van der Waals surface area contributed by atoms with Gasteiger partial charge in [0.1, 0.15) is 6.23 Å². The van der Waals surface area contributed by atoms with Crippen molar-refractivity contribution in [2.45, 2.75) is 43.9 Å². The van der Waals surface area contributed by atoms with Gasteiger partial charge in [0.25, 0.3) is 0 Å². The van der Waals surface area contributed by atoms with Crippen LogP contribution in [0.5, 0.6) is 0 Å². The van der Waals surface area contributed by atoms with Crippen LogP contribution in [0.15, 0.2) is 0 Å². The highest BCUT2D eigenvalue weighted by Crippen LogP contribution is 2.18. The summed E-state index contributed by atoms with van der Waals surface area (Å²) in [6.45, 7) is 3.37. The average molecular weight is 214 g/mol. The zero-order valence-electron chi connectivity index (χ0n) is 9.30. The summed E-state index contributed by atoms with van der Waals surface area (Å²) in [5, 5.41) is 16.8. The minimum absolute atomic E-state index is 0.165. The van der Waals surface area contributed by atoms with E-state index in [9.17, 15) is 5.11 Å². The van der Waals surface area contributed by atoms with Crippen LogP contribution in [0.1, 0.15) is 32.1 Å². The summed E-state index contributed by atoms with van der Waals surface area (Å²) in [5.41, 5.74) is -0.522. The molecule has 0 aromatic carbocycles. The van der Waals surface area contributed by atoms with Gasteiger partial charge in [-0.15, -0.1) is 0 Å². The Kier molecular flexibility index (Phi) is 3.97. The fraction of sp³-hybridized carbons (Fsp3) is 1.00. The first-order valence-corrected chi connectivity index (χ1v) is 6.07. The van der Waals surface area contributed by atoms with E-state index in [-0.39, 0.29) is 6.23 Å². The van der Waals surface area contributed by atoms with E-state index >= 15 is 0 Å². The van der Waals surface area contributed by atoms with Gasteiger partial charge in [0.2, 0.25) is 0 Å². The molecule has 2 saturated heterocycles. The number of hydrogen-bond donors (Lipinski definition) is 3. The zero-order chi connectivity index (χ0) is 10.6. The summed E-state index contributed by atoms with van der Waals surface area (Å²) in [6.07, 6.45) is 5.33. The monoisotopic (exact) mass is 214 g/mol. The maximum absolute atomic E-state index is 10.2. The molecule has 2 aliphatic heterocycles. The number of hydrogen-bond acceptors (Lipinski definition) is 4. The summed E-state index contributed by atoms with van der Waals surface area (Å²) < 4.78 is 5.58. The van der Waals surface area contributed by atoms with Crippen LogP contribution in [0, 0.1) is 0 Å². The second-order valence-corrected chi connectivity index (χ2v) is 4.71. The number of piperidine rings is 1. The van der Waals surface area contributed by atoms with Crippen molar-refractivity contribution in [3.05, 3.63) is 0 Å². The SMILES string of the molecule is OC1(CNC2CCCCO2)CCNCC1. The molecule has 0 spiro atoms. The first-order chi connectivity index (χ1) is 7.29. The van der Waals surface area contributed by atoms with Gasteiger partial charge in [0.15, 0.2) is 0 Å². The molecular weight excluding hydrogens is 192 g/mol. The van der Waals surface area contributed by atoms with Gasteiger partial charge in [-0.1, -0.05) is 0 Å². The molecule has 0 bridgehead atoms. The van der Waals surface area contributed by atoms with Crippen molar-refractivity contribution in [2.24, 2.45) is 0 Å². The Morgan fingerprint density at radius 3 is 2.80 bits per heavy atom. The molecule has 0 radical (unpaired) electrons. The third-order valence-corrected chi connectivity index (χ3v) is 3.37. The van der Waals surface area contributed by atoms with E-state index in [1.807, 2.05) is 0 Å². The van der Waals surface area contributed by atoms with E-state index in [0.29, 0.717) is 6.54 Å². The summed E-state index contributed by atoms with van der Waals surface area (Å²) in [4.78, 5) is 0. The maximum atomic E-state index is 10.2. The lowest BCUT2D eigenvalue weighted by atomic mass is 9.92. The van der Waals surface area contributed by atoms with Gasteiger partial charge in [0.05, 0.1) is 5.60 Å².